The monoisotopic (exact) mass is 414 g/mol. The Kier molecular flexibility index (Phi) is 4.88. The van der Waals surface area contributed by atoms with E-state index in [4.69, 9.17) is 11.6 Å². The fraction of sp³-hybridized carbons (Fsp3) is 0.278. The number of fused-ring (bicyclic) bond motifs is 1. The molecular weight excluding hydrogens is 401 g/mol. The molecule has 1 aliphatic rings. The number of hydrogen-bond donors (Lipinski definition) is 0. The van der Waals surface area contributed by atoms with Gasteiger partial charge < -0.3 is 0 Å². The number of alkyl halides is 3. The summed E-state index contributed by atoms with van der Waals surface area (Å²) in [6.07, 6.45) is -0.479. The lowest BCUT2D eigenvalue weighted by Crippen LogP contribution is -2.07. The Bertz CT molecular complexity index is 949. The molecule has 1 fully saturated rings. The minimum absolute atomic E-state index is 0.0175. The molecule has 136 valence electrons. The van der Waals surface area contributed by atoms with Crippen LogP contribution in [-0.2, 0) is 6.18 Å². The molecule has 0 spiro atoms. The first-order chi connectivity index (χ1) is 12.4. The van der Waals surface area contributed by atoms with Crippen molar-refractivity contribution in [3.63, 3.8) is 0 Å². The number of halogens is 4. The van der Waals surface area contributed by atoms with Crippen LogP contribution in [0, 0.1) is 0 Å². The molecule has 3 heterocycles. The molecule has 26 heavy (non-hydrogen) atoms. The van der Waals surface area contributed by atoms with Gasteiger partial charge in [-0.15, -0.1) is 23.5 Å². The van der Waals surface area contributed by atoms with Gasteiger partial charge in [0.05, 0.1) is 20.7 Å². The fourth-order valence-corrected chi connectivity index (χ4v) is 6.19. The van der Waals surface area contributed by atoms with Gasteiger partial charge in [-0.05, 0) is 30.1 Å². The van der Waals surface area contributed by atoms with Gasteiger partial charge in [-0.1, -0.05) is 29.8 Å². The van der Waals surface area contributed by atoms with E-state index in [2.05, 4.69) is 4.98 Å². The SMILES string of the molecule is FC(F)(F)c1cnc(-n2cc(C3SCCCS3)c3ccccc32)c(Cl)c1. The normalized spacial score (nSPS) is 16.3. The Hall–Kier alpha value is -1.31. The van der Waals surface area contributed by atoms with E-state index in [0.717, 1.165) is 40.2 Å². The molecule has 3 aromatic rings. The summed E-state index contributed by atoms with van der Waals surface area (Å²) in [4.78, 5) is 4.02. The van der Waals surface area contributed by atoms with E-state index in [9.17, 15) is 13.2 Å². The third kappa shape index (κ3) is 3.32. The van der Waals surface area contributed by atoms with E-state index in [1.165, 1.54) is 6.42 Å². The van der Waals surface area contributed by atoms with Crippen LogP contribution < -0.4 is 0 Å². The molecule has 8 heteroatoms. The van der Waals surface area contributed by atoms with Gasteiger partial charge in [-0.2, -0.15) is 13.2 Å². The minimum Gasteiger partial charge on any atom is -0.300 e. The number of benzene rings is 1. The third-order valence-corrected chi connectivity index (χ3v) is 7.46. The molecule has 0 saturated carbocycles. The number of pyridine rings is 1. The Morgan fingerprint density at radius 2 is 1.88 bits per heavy atom. The van der Waals surface area contributed by atoms with E-state index in [1.54, 1.807) is 4.57 Å². The van der Waals surface area contributed by atoms with Crippen LogP contribution in [0.5, 0.6) is 0 Å². The molecule has 0 radical (unpaired) electrons. The molecule has 1 aliphatic heterocycles. The van der Waals surface area contributed by atoms with Gasteiger partial charge in [0.2, 0.25) is 0 Å². The van der Waals surface area contributed by atoms with E-state index in [-0.39, 0.29) is 5.02 Å². The highest BCUT2D eigenvalue weighted by Crippen LogP contribution is 2.47. The fourth-order valence-electron chi connectivity index (χ4n) is 3.00. The zero-order chi connectivity index (χ0) is 18.3. The number of hydrogen-bond acceptors (Lipinski definition) is 3. The van der Waals surface area contributed by atoms with Crippen LogP contribution in [0.3, 0.4) is 0 Å². The summed E-state index contributed by atoms with van der Waals surface area (Å²) in [5.74, 6) is 2.53. The number of nitrogens with zero attached hydrogens (tertiary/aromatic N) is 2. The topological polar surface area (TPSA) is 17.8 Å². The largest absolute Gasteiger partial charge is 0.417 e. The predicted octanol–water partition coefficient (Wildman–Crippen LogP) is 6.57. The molecule has 0 unspecified atom stereocenters. The van der Waals surface area contributed by atoms with Crippen molar-refractivity contribution in [2.75, 3.05) is 11.5 Å². The van der Waals surface area contributed by atoms with Crippen molar-refractivity contribution in [1.82, 2.24) is 9.55 Å². The lowest BCUT2D eigenvalue weighted by atomic mass is 10.2. The predicted molar refractivity (Wildman–Crippen MR) is 103 cm³/mol. The van der Waals surface area contributed by atoms with Gasteiger partial charge in [0.25, 0.3) is 0 Å². The molecule has 0 amide bonds. The molecule has 0 bridgehead atoms. The first kappa shape index (κ1) is 18.1. The second-order valence-corrected chi connectivity index (χ2v) is 9.06. The van der Waals surface area contributed by atoms with Crippen molar-refractivity contribution in [3.05, 3.63) is 58.9 Å². The smallest absolute Gasteiger partial charge is 0.300 e. The van der Waals surface area contributed by atoms with Gasteiger partial charge in [0.1, 0.15) is 0 Å². The maximum absolute atomic E-state index is 12.9. The van der Waals surface area contributed by atoms with Gasteiger partial charge in [0, 0.05) is 23.3 Å². The van der Waals surface area contributed by atoms with Gasteiger partial charge in [-0.3, -0.25) is 4.57 Å². The van der Waals surface area contributed by atoms with Gasteiger partial charge in [0.15, 0.2) is 5.82 Å². The first-order valence-electron chi connectivity index (χ1n) is 8.01. The van der Waals surface area contributed by atoms with Crippen molar-refractivity contribution in [2.24, 2.45) is 0 Å². The van der Waals surface area contributed by atoms with Crippen molar-refractivity contribution >= 4 is 46.0 Å². The molecular formula is C18H14ClF3N2S2. The first-order valence-corrected chi connectivity index (χ1v) is 10.5. The number of aromatic nitrogens is 2. The van der Waals surface area contributed by atoms with Crippen LogP contribution in [0.4, 0.5) is 13.2 Å². The van der Waals surface area contributed by atoms with Crippen molar-refractivity contribution in [3.8, 4) is 5.82 Å². The standard InChI is InChI=1S/C18H14ClF3N2S2/c19-14-8-11(18(20,21)22)9-23-16(14)24-10-13(17-25-6-3-7-26-17)12-4-1-2-5-15(12)24/h1-2,4-5,8-10,17H,3,6-7H2. The lowest BCUT2D eigenvalue weighted by Gasteiger charge is -2.20. The minimum atomic E-state index is -4.46. The van der Waals surface area contributed by atoms with Crippen molar-refractivity contribution < 1.29 is 13.2 Å². The Morgan fingerprint density at radius 1 is 1.15 bits per heavy atom. The Morgan fingerprint density at radius 3 is 2.58 bits per heavy atom. The highest BCUT2D eigenvalue weighted by molar-refractivity contribution is 8.16. The summed E-state index contributed by atoms with van der Waals surface area (Å²) in [5, 5.41) is 1.06. The maximum atomic E-state index is 12.9. The molecule has 2 nitrogen and oxygen atoms in total. The summed E-state index contributed by atoms with van der Waals surface area (Å²) >= 11 is 9.97. The van der Waals surface area contributed by atoms with Crippen LogP contribution in [0.1, 0.15) is 22.1 Å². The number of para-hydroxylation sites is 1. The highest BCUT2D eigenvalue weighted by atomic mass is 35.5. The Balaban J connectivity index is 1.84. The molecule has 0 aliphatic carbocycles. The quantitative estimate of drug-likeness (QED) is 0.472. The summed E-state index contributed by atoms with van der Waals surface area (Å²) in [7, 11) is 0. The zero-order valence-electron chi connectivity index (χ0n) is 13.5. The summed E-state index contributed by atoms with van der Waals surface area (Å²) in [6, 6.07) is 8.78. The van der Waals surface area contributed by atoms with Crippen LogP contribution >= 0.6 is 35.1 Å². The molecule has 0 N–H and O–H groups in total. The van der Waals surface area contributed by atoms with Gasteiger partial charge >= 0.3 is 6.18 Å². The molecule has 0 atom stereocenters. The number of thioether (sulfide) groups is 2. The average Bonchev–Trinajstić information content (AvgIpc) is 3.01. The molecule has 1 aromatic carbocycles. The Labute approximate surface area is 162 Å². The summed E-state index contributed by atoms with van der Waals surface area (Å²) < 4.78 is 40.8. The second kappa shape index (κ2) is 7.02. The highest BCUT2D eigenvalue weighted by Gasteiger charge is 2.32. The van der Waals surface area contributed by atoms with Gasteiger partial charge in [-0.25, -0.2) is 4.98 Å². The maximum Gasteiger partial charge on any atom is 0.417 e. The zero-order valence-corrected chi connectivity index (χ0v) is 15.9. The van der Waals surface area contributed by atoms with Crippen LogP contribution in [0.25, 0.3) is 16.7 Å². The molecule has 4 rings (SSSR count). The van der Waals surface area contributed by atoms with Crippen LogP contribution in [0.2, 0.25) is 5.02 Å². The van der Waals surface area contributed by atoms with E-state index in [1.807, 2.05) is 54.0 Å². The van der Waals surface area contributed by atoms with Crippen molar-refractivity contribution in [1.29, 1.82) is 0 Å². The second-order valence-electron chi connectivity index (χ2n) is 5.93. The van der Waals surface area contributed by atoms with Crippen LogP contribution in [-0.4, -0.2) is 21.1 Å². The molecule has 2 aromatic heterocycles. The van der Waals surface area contributed by atoms with Crippen LogP contribution in [0.15, 0.2) is 42.7 Å². The lowest BCUT2D eigenvalue weighted by molar-refractivity contribution is -0.137. The van der Waals surface area contributed by atoms with E-state index >= 15 is 0 Å². The summed E-state index contributed by atoms with van der Waals surface area (Å²) in [5.41, 5.74) is 1.21. The van der Waals surface area contributed by atoms with E-state index < -0.39 is 11.7 Å². The average molecular weight is 415 g/mol. The third-order valence-electron chi connectivity index (χ3n) is 4.20. The summed E-state index contributed by atoms with van der Waals surface area (Å²) in [6.45, 7) is 0. The molecule has 1 saturated heterocycles. The number of rotatable bonds is 2. The van der Waals surface area contributed by atoms with Crippen molar-refractivity contribution in [2.45, 2.75) is 17.2 Å². The van der Waals surface area contributed by atoms with E-state index in [0.29, 0.717) is 10.4 Å².